The molecule has 3 aliphatic rings. The van der Waals surface area contributed by atoms with Crippen LogP contribution in [-0.2, 0) is 19.1 Å². The van der Waals surface area contributed by atoms with Gasteiger partial charge in [-0.15, -0.1) is 24.9 Å². The second-order valence-corrected chi connectivity index (χ2v) is 12.8. The minimum Gasteiger partial charge on any atom is -0.465 e. The van der Waals surface area contributed by atoms with Gasteiger partial charge in [0.25, 0.3) is 5.91 Å². The Morgan fingerprint density at radius 3 is 2.76 bits per heavy atom. The number of aryl methyl sites for hydroxylation is 2. The van der Waals surface area contributed by atoms with E-state index >= 15 is 0 Å². The smallest absolute Gasteiger partial charge is 0.310 e. The molecule has 3 aliphatic heterocycles. The van der Waals surface area contributed by atoms with E-state index < -0.39 is 22.6 Å². The summed E-state index contributed by atoms with van der Waals surface area (Å²) in [5, 5.41) is 9.69. The predicted molar refractivity (Wildman–Crippen MR) is 150 cm³/mol. The lowest BCUT2D eigenvalue weighted by Gasteiger charge is -2.38. The molecule has 2 bridgehead atoms. The molecular weight excluding hydrogens is 556 g/mol. The molecule has 4 rings (SSSR count). The molecule has 6 atom stereocenters. The number of allylic oxidation sites excluding steroid dienone is 1. The first-order valence-corrected chi connectivity index (χ1v) is 14.5. The molecule has 2 amide bonds. The molecule has 3 unspecified atom stereocenters. The van der Waals surface area contributed by atoms with Gasteiger partial charge in [-0.25, -0.2) is 0 Å². The lowest BCUT2D eigenvalue weighted by atomic mass is 9.71. The summed E-state index contributed by atoms with van der Waals surface area (Å²) >= 11 is 5.32. The van der Waals surface area contributed by atoms with Crippen LogP contribution in [-0.4, -0.2) is 75.0 Å². The van der Waals surface area contributed by atoms with E-state index in [0.717, 1.165) is 23.2 Å². The highest BCUT2D eigenvalue weighted by Crippen LogP contribution is 2.68. The molecule has 3 saturated heterocycles. The summed E-state index contributed by atoms with van der Waals surface area (Å²) in [6.07, 6.45) is 5.44. The number of hydrogen-bond donors (Lipinski definition) is 1. The fraction of sp³-hybridized carbons (Fsp3) is 0.536. The third-order valence-corrected chi connectivity index (χ3v) is 10.9. The van der Waals surface area contributed by atoms with E-state index in [2.05, 4.69) is 29.1 Å². The number of rotatable bonds is 11. The molecule has 1 spiro atoms. The Kier molecular flexibility index (Phi) is 8.55. The maximum Gasteiger partial charge on any atom is 0.310 e. The van der Waals surface area contributed by atoms with Crippen molar-refractivity contribution >= 4 is 51.2 Å². The number of benzene rings is 1. The second kappa shape index (κ2) is 11.3. The average Bonchev–Trinajstić information content (AvgIpc) is 3.45. The Hall–Kier alpha value is -2.10. The Balaban J connectivity index is 1.73. The molecular formula is C28H35BrN2O5S. The zero-order chi connectivity index (χ0) is 26.9. The number of carbonyl (C=O) groups is 3. The Morgan fingerprint density at radius 2 is 2.08 bits per heavy atom. The van der Waals surface area contributed by atoms with E-state index in [0.29, 0.717) is 12.8 Å². The van der Waals surface area contributed by atoms with E-state index in [1.807, 2.05) is 32.0 Å². The topological polar surface area (TPSA) is 87.2 Å². The van der Waals surface area contributed by atoms with Crippen LogP contribution in [0.3, 0.4) is 0 Å². The molecule has 9 heteroatoms. The molecule has 0 radical (unpaired) electrons. The number of esters is 1. The number of carbonyl (C=O) groups excluding carboxylic acids is 3. The number of ether oxygens (including phenoxy) is 1. The standard InChI is InChI=1S/C28H35BrN2O5S/c1-5-7-8-14-36-27(35)21-22-25(33)31(12-13-32)24(28(22)16-19(29)23(21)37-28)26(34)30(11-6-2)20-15-17(3)9-10-18(20)4/h5-6,9-10,15,19,21-24,32H,1-2,7-8,11-14,16H2,3-4H3/t19?,21-,22+,23-,24?,28?/m1/s1. The first-order valence-electron chi connectivity index (χ1n) is 12.7. The number of aliphatic hydroxyl groups is 1. The number of aliphatic hydroxyl groups excluding tert-OH is 1. The van der Waals surface area contributed by atoms with Gasteiger partial charge in [0.05, 0.1) is 29.8 Å². The minimum absolute atomic E-state index is 0.0293. The first-order chi connectivity index (χ1) is 17.7. The molecule has 37 heavy (non-hydrogen) atoms. The highest BCUT2D eigenvalue weighted by Gasteiger charge is 2.76. The van der Waals surface area contributed by atoms with Crippen LogP contribution in [0.1, 0.15) is 30.4 Å². The van der Waals surface area contributed by atoms with Crippen LogP contribution in [0.2, 0.25) is 0 Å². The van der Waals surface area contributed by atoms with Gasteiger partial charge < -0.3 is 19.6 Å². The van der Waals surface area contributed by atoms with E-state index in [1.165, 1.54) is 4.90 Å². The summed E-state index contributed by atoms with van der Waals surface area (Å²) in [7, 11) is 0. The zero-order valence-electron chi connectivity index (χ0n) is 21.4. The third kappa shape index (κ3) is 4.79. The van der Waals surface area contributed by atoms with Crippen molar-refractivity contribution in [3.8, 4) is 0 Å². The number of unbranched alkanes of at least 4 members (excludes halogenated alkanes) is 1. The van der Waals surface area contributed by atoms with Crippen LogP contribution in [0, 0.1) is 25.7 Å². The van der Waals surface area contributed by atoms with Crippen molar-refractivity contribution in [1.29, 1.82) is 0 Å². The fourth-order valence-corrected chi connectivity index (χ4v) is 9.71. The highest BCUT2D eigenvalue weighted by molar-refractivity contribution is 9.09. The minimum atomic E-state index is -0.814. The van der Waals surface area contributed by atoms with Gasteiger partial charge in [0.15, 0.2) is 0 Å². The van der Waals surface area contributed by atoms with Crippen LogP contribution >= 0.6 is 27.7 Å². The summed E-state index contributed by atoms with van der Waals surface area (Å²) < 4.78 is 4.82. The van der Waals surface area contributed by atoms with Crippen molar-refractivity contribution < 1.29 is 24.2 Å². The highest BCUT2D eigenvalue weighted by atomic mass is 79.9. The van der Waals surface area contributed by atoms with Crippen molar-refractivity contribution in [2.45, 2.75) is 54.0 Å². The fourth-order valence-electron chi connectivity index (χ4n) is 6.12. The summed E-state index contributed by atoms with van der Waals surface area (Å²) in [5.41, 5.74) is 2.73. The second-order valence-electron chi connectivity index (χ2n) is 10.0. The number of anilines is 1. The lowest BCUT2D eigenvalue weighted by molar-refractivity contribution is -0.154. The number of nitrogens with zero attached hydrogens (tertiary/aromatic N) is 2. The lowest BCUT2D eigenvalue weighted by Crippen LogP contribution is -2.56. The summed E-state index contributed by atoms with van der Waals surface area (Å²) in [5.74, 6) is -2.18. The van der Waals surface area contributed by atoms with E-state index in [1.54, 1.807) is 28.8 Å². The van der Waals surface area contributed by atoms with E-state index in [9.17, 15) is 19.5 Å². The van der Waals surface area contributed by atoms with Gasteiger partial charge in [0, 0.05) is 28.9 Å². The largest absolute Gasteiger partial charge is 0.465 e. The molecule has 1 aromatic rings. The van der Waals surface area contributed by atoms with Crippen molar-refractivity contribution in [2.75, 3.05) is 31.2 Å². The summed E-state index contributed by atoms with van der Waals surface area (Å²) in [4.78, 5) is 44.8. The van der Waals surface area contributed by atoms with Gasteiger partial charge in [-0.3, -0.25) is 14.4 Å². The van der Waals surface area contributed by atoms with Gasteiger partial charge in [-0.05, 0) is 50.3 Å². The molecule has 0 aromatic heterocycles. The molecule has 7 nitrogen and oxygen atoms in total. The van der Waals surface area contributed by atoms with Gasteiger partial charge in [0.1, 0.15) is 6.04 Å². The zero-order valence-corrected chi connectivity index (χ0v) is 23.8. The van der Waals surface area contributed by atoms with Gasteiger partial charge in [-0.2, -0.15) is 0 Å². The molecule has 0 aliphatic carbocycles. The molecule has 3 fully saturated rings. The van der Waals surface area contributed by atoms with Gasteiger partial charge in [-0.1, -0.05) is 40.2 Å². The van der Waals surface area contributed by atoms with Crippen LogP contribution in [0.5, 0.6) is 0 Å². The van der Waals surface area contributed by atoms with Crippen molar-refractivity contribution in [2.24, 2.45) is 11.8 Å². The number of alkyl halides is 1. The Labute approximate surface area is 231 Å². The number of fused-ring (bicyclic) bond motifs is 1. The summed E-state index contributed by atoms with van der Waals surface area (Å²) in [6, 6.07) is 5.12. The average molecular weight is 592 g/mol. The van der Waals surface area contributed by atoms with Crippen LogP contribution in [0.25, 0.3) is 0 Å². The SMILES string of the molecule is C=CCCCOC(=O)[C@H]1[C@@H]2SC3(CC2Br)C(C(=O)N(CC=C)c2cc(C)ccc2C)N(CCO)C(=O)[C@H]13. The Bertz CT molecular complexity index is 1100. The summed E-state index contributed by atoms with van der Waals surface area (Å²) in [6.45, 7) is 11.8. The van der Waals surface area contributed by atoms with Crippen LogP contribution in [0.4, 0.5) is 5.69 Å². The predicted octanol–water partition coefficient (Wildman–Crippen LogP) is 3.79. The van der Waals surface area contributed by atoms with E-state index in [4.69, 9.17) is 4.74 Å². The molecule has 0 saturated carbocycles. The number of thioether (sulfide) groups is 1. The number of halogens is 1. The number of amides is 2. The quantitative estimate of drug-likeness (QED) is 0.183. The monoisotopic (exact) mass is 590 g/mol. The van der Waals surface area contributed by atoms with Crippen molar-refractivity contribution in [1.82, 2.24) is 4.90 Å². The molecule has 1 N–H and O–H groups in total. The molecule has 1 aromatic carbocycles. The van der Waals surface area contributed by atoms with Crippen molar-refractivity contribution in [3.63, 3.8) is 0 Å². The number of hydrogen-bond acceptors (Lipinski definition) is 6. The maximum absolute atomic E-state index is 14.4. The van der Waals surface area contributed by atoms with Crippen LogP contribution < -0.4 is 4.90 Å². The normalized spacial score (nSPS) is 29.8. The maximum atomic E-state index is 14.4. The van der Waals surface area contributed by atoms with Gasteiger partial charge >= 0.3 is 5.97 Å². The van der Waals surface area contributed by atoms with Crippen molar-refractivity contribution in [3.05, 3.63) is 54.6 Å². The molecule has 200 valence electrons. The number of likely N-dealkylation sites (tertiary alicyclic amines) is 1. The number of β-amino-alcohol motifs (C(OH)–C–C–N with tert-alkyl or cyclic N) is 1. The van der Waals surface area contributed by atoms with Crippen LogP contribution in [0.15, 0.2) is 43.5 Å². The first kappa shape index (κ1) is 27.9. The third-order valence-electron chi connectivity index (χ3n) is 7.67. The Morgan fingerprint density at radius 1 is 1.32 bits per heavy atom. The van der Waals surface area contributed by atoms with Gasteiger partial charge in [0.2, 0.25) is 5.91 Å². The molecule has 3 heterocycles. The van der Waals surface area contributed by atoms with E-state index in [-0.39, 0.29) is 54.2 Å².